The van der Waals surface area contributed by atoms with Gasteiger partial charge in [-0.25, -0.2) is 4.79 Å². The summed E-state index contributed by atoms with van der Waals surface area (Å²) in [6, 6.07) is 13.2. The molecule has 3 rings (SSSR count). The third-order valence-corrected chi connectivity index (χ3v) is 4.13. The van der Waals surface area contributed by atoms with Crippen molar-refractivity contribution in [2.45, 2.75) is 31.8 Å². The first-order chi connectivity index (χ1) is 11.6. The number of rotatable bonds is 5. The quantitative estimate of drug-likeness (QED) is 0.872. The lowest BCUT2D eigenvalue weighted by Gasteiger charge is -2.13. The summed E-state index contributed by atoms with van der Waals surface area (Å²) in [6.45, 7) is 0. The molecule has 1 aliphatic rings. The molecule has 0 saturated heterocycles. The van der Waals surface area contributed by atoms with E-state index in [1.54, 1.807) is 42.5 Å². The van der Waals surface area contributed by atoms with Crippen molar-refractivity contribution in [2.75, 3.05) is 5.32 Å². The van der Waals surface area contributed by atoms with Crippen LogP contribution in [0.25, 0.3) is 0 Å². The first kappa shape index (κ1) is 16.1. The standard InChI is InChI=1S/C19H19NO4/c21-18(20-17-8-4-3-7-16(17)19(22)23)13-9-11-15(12-10-13)24-14-5-1-2-6-14/h3-4,7-12,14H,1-2,5-6H2,(H,20,21)(H,22,23). The highest BCUT2D eigenvalue weighted by Gasteiger charge is 2.17. The summed E-state index contributed by atoms with van der Waals surface area (Å²) in [5, 5.41) is 11.8. The number of anilines is 1. The number of benzene rings is 2. The molecule has 5 nitrogen and oxygen atoms in total. The number of carboxylic acid groups (broad SMARTS) is 1. The third-order valence-electron chi connectivity index (χ3n) is 4.13. The lowest BCUT2D eigenvalue weighted by Crippen LogP contribution is -2.15. The van der Waals surface area contributed by atoms with Crippen LogP contribution >= 0.6 is 0 Å². The van der Waals surface area contributed by atoms with E-state index in [0.29, 0.717) is 5.56 Å². The maximum absolute atomic E-state index is 12.3. The van der Waals surface area contributed by atoms with Crippen LogP contribution in [-0.2, 0) is 0 Å². The molecule has 5 heteroatoms. The summed E-state index contributed by atoms with van der Waals surface area (Å²) in [6.07, 6.45) is 4.83. The fourth-order valence-electron chi connectivity index (χ4n) is 2.86. The van der Waals surface area contributed by atoms with E-state index < -0.39 is 5.97 Å². The lowest BCUT2D eigenvalue weighted by atomic mass is 10.1. The Bertz CT molecular complexity index is 733. The molecule has 0 atom stereocenters. The van der Waals surface area contributed by atoms with E-state index in [-0.39, 0.29) is 23.3 Å². The van der Waals surface area contributed by atoms with Crippen molar-refractivity contribution in [3.05, 3.63) is 59.7 Å². The molecule has 0 bridgehead atoms. The topological polar surface area (TPSA) is 75.6 Å². The average Bonchev–Trinajstić information content (AvgIpc) is 3.09. The molecule has 2 aromatic rings. The highest BCUT2D eigenvalue weighted by Crippen LogP contribution is 2.24. The minimum absolute atomic E-state index is 0.0621. The Morgan fingerprint density at radius 3 is 2.33 bits per heavy atom. The van der Waals surface area contributed by atoms with Crippen LogP contribution < -0.4 is 10.1 Å². The minimum Gasteiger partial charge on any atom is -0.490 e. The number of aromatic carboxylic acids is 1. The number of ether oxygens (including phenoxy) is 1. The van der Waals surface area contributed by atoms with Gasteiger partial charge in [-0.2, -0.15) is 0 Å². The number of carbonyl (C=O) groups is 2. The molecule has 0 spiro atoms. The van der Waals surface area contributed by atoms with Gasteiger partial charge in [-0.3, -0.25) is 4.79 Å². The summed E-state index contributed by atoms with van der Waals surface area (Å²) in [5.41, 5.74) is 0.794. The van der Waals surface area contributed by atoms with Gasteiger partial charge in [0.05, 0.1) is 17.4 Å². The van der Waals surface area contributed by atoms with E-state index in [1.165, 1.54) is 18.9 Å². The van der Waals surface area contributed by atoms with E-state index in [2.05, 4.69) is 5.32 Å². The van der Waals surface area contributed by atoms with Crippen molar-refractivity contribution in [3.8, 4) is 5.75 Å². The van der Waals surface area contributed by atoms with Gasteiger partial charge < -0.3 is 15.2 Å². The van der Waals surface area contributed by atoms with Crippen LogP contribution in [0.1, 0.15) is 46.4 Å². The molecule has 0 unspecified atom stereocenters. The van der Waals surface area contributed by atoms with Crippen LogP contribution in [0.4, 0.5) is 5.69 Å². The smallest absolute Gasteiger partial charge is 0.337 e. The Balaban J connectivity index is 1.68. The average molecular weight is 325 g/mol. The Hall–Kier alpha value is -2.82. The lowest BCUT2D eigenvalue weighted by molar-refractivity contribution is 0.0698. The largest absolute Gasteiger partial charge is 0.490 e. The molecule has 1 saturated carbocycles. The molecule has 124 valence electrons. The van der Waals surface area contributed by atoms with Crippen molar-refractivity contribution >= 4 is 17.6 Å². The zero-order valence-corrected chi connectivity index (χ0v) is 13.2. The first-order valence-electron chi connectivity index (χ1n) is 8.04. The molecule has 24 heavy (non-hydrogen) atoms. The second kappa shape index (κ2) is 7.17. The molecule has 0 heterocycles. The number of amides is 1. The molecule has 1 aliphatic carbocycles. The van der Waals surface area contributed by atoms with Gasteiger partial charge in [-0.15, -0.1) is 0 Å². The van der Waals surface area contributed by atoms with Crippen molar-refractivity contribution in [1.82, 2.24) is 0 Å². The summed E-state index contributed by atoms with van der Waals surface area (Å²) in [5.74, 6) is -0.674. The number of hydrogen-bond donors (Lipinski definition) is 2. The molecule has 2 N–H and O–H groups in total. The maximum Gasteiger partial charge on any atom is 0.337 e. The Labute approximate surface area is 140 Å². The molecule has 0 aliphatic heterocycles. The van der Waals surface area contributed by atoms with Crippen LogP contribution in [0.15, 0.2) is 48.5 Å². The predicted molar refractivity (Wildman–Crippen MR) is 90.7 cm³/mol. The number of hydrogen-bond acceptors (Lipinski definition) is 3. The molecular formula is C19H19NO4. The molecule has 0 radical (unpaired) electrons. The third kappa shape index (κ3) is 3.74. The van der Waals surface area contributed by atoms with E-state index >= 15 is 0 Å². The van der Waals surface area contributed by atoms with Gasteiger partial charge in [0.1, 0.15) is 5.75 Å². The van der Waals surface area contributed by atoms with Crippen LogP contribution in [0.3, 0.4) is 0 Å². The van der Waals surface area contributed by atoms with Crippen LogP contribution in [0.5, 0.6) is 5.75 Å². The predicted octanol–water partition coefficient (Wildman–Crippen LogP) is 3.96. The van der Waals surface area contributed by atoms with Gasteiger partial charge in [0.2, 0.25) is 0 Å². The van der Waals surface area contributed by atoms with Gasteiger partial charge in [-0.1, -0.05) is 12.1 Å². The maximum atomic E-state index is 12.3. The van der Waals surface area contributed by atoms with Crippen molar-refractivity contribution in [2.24, 2.45) is 0 Å². The van der Waals surface area contributed by atoms with Crippen molar-refractivity contribution in [3.63, 3.8) is 0 Å². The van der Waals surface area contributed by atoms with Gasteiger partial charge in [0.25, 0.3) is 5.91 Å². The Kier molecular flexibility index (Phi) is 4.79. The summed E-state index contributed by atoms with van der Waals surface area (Å²) in [4.78, 5) is 23.5. The van der Waals surface area contributed by atoms with Crippen LogP contribution in [0, 0.1) is 0 Å². The van der Waals surface area contributed by atoms with Gasteiger partial charge >= 0.3 is 5.97 Å². The van der Waals surface area contributed by atoms with E-state index in [9.17, 15) is 9.59 Å². The van der Waals surface area contributed by atoms with E-state index in [4.69, 9.17) is 9.84 Å². The molecule has 0 aromatic heterocycles. The molecule has 1 fully saturated rings. The molecular weight excluding hydrogens is 306 g/mol. The minimum atomic E-state index is -1.08. The van der Waals surface area contributed by atoms with E-state index in [0.717, 1.165) is 18.6 Å². The number of carbonyl (C=O) groups excluding carboxylic acids is 1. The number of para-hydroxylation sites is 1. The van der Waals surface area contributed by atoms with Crippen LogP contribution in [0.2, 0.25) is 0 Å². The highest BCUT2D eigenvalue weighted by atomic mass is 16.5. The monoisotopic (exact) mass is 325 g/mol. The summed E-state index contributed by atoms with van der Waals surface area (Å²) < 4.78 is 5.87. The van der Waals surface area contributed by atoms with Crippen molar-refractivity contribution in [1.29, 1.82) is 0 Å². The fourth-order valence-corrected chi connectivity index (χ4v) is 2.86. The molecule has 1 amide bonds. The fraction of sp³-hybridized carbons (Fsp3) is 0.263. The summed E-state index contributed by atoms with van der Waals surface area (Å²) in [7, 11) is 0. The SMILES string of the molecule is O=C(Nc1ccccc1C(=O)O)c1ccc(OC2CCCC2)cc1. The zero-order chi connectivity index (χ0) is 16.9. The van der Waals surface area contributed by atoms with Gasteiger partial charge in [0.15, 0.2) is 0 Å². The van der Waals surface area contributed by atoms with Gasteiger partial charge in [-0.05, 0) is 62.1 Å². The number of nitrogens with one attached hydrogen (secondary N) is 1. The second-order valence-corrected chi connectivity index (χ2v) is 5.85. The van der Waals surface area contributed by atoms with E-state index in [1.807, 2.05) is 0 Å². The number of carboxylic acids is 1. The summed E-state index contributed by atoms with van der Waals surface area (Å²) >= 11 is 0. The molecule has 2 aromatic carbocycles. The Morgan fingerprint density at radius 1 is 1.00 bits per heavy atom. The highest BCUT2D eigenvalue weighted by molar-refractivity contribution is 6.07. The van der Waals surface area contributed by atoms with Crippen molar-refractivity contribution < 1.29 is 19.4 Å². The normalized spacial score (nSPS) is 14.3. The first-order valence-corrected chi connectivity index (χ1v) is 8.04. The second-order valence-electron chi connectivity index (χ2n) is 5.85. The zero-order valence-electron chi connectivity index (χ0n) is 13.2. The van der Waals surface area contributed by atoms with Gasteiger partial charge in [0, 0.05) is 5.56 Å². The Morgan fingerprint density at radius 2 is 1.67 bits per heavy atom. The van der Waals surface area contributed by atoms with Crippen LogP contribution in [-0.4, -0.2) is 23.1 Å².